The lowest BCUT2D eigenvalue weighted by atomic mass is 9.99. The molecule has 58 heteroatoms. The Balaban J connectivity index is 1.09. The van der Waals surface area contributed by atoms with Gasteiger partial charge in [0, 0.05) is 82.6 Å². The minimum absolute atomic E-state index is 0.0246. The number of hydrogen-bond acceptors (Lipinski definition) is 47. The first-order valence-corrected chi connectivity index (χ1v) is 46.0. The number of amides is 11. The second kappa shape index (κ2) is 57.0. The largest absolute Gasteiger partial charge is 0.394 e. The molecule has 0 saturated carbocycles. The van der Waals surface area contributed by atoms with Gasteiger partial charge >= 0.3 is 6.03 Å². The second-order valence-corrected chi connectivity index (χ2v) is 35.2. The Bertz CT molecular complexity index is 3740. The number of rotatable bonds is 56. The third-order valence-electron chi connectivity index (χ3n) is 24.2. The predicted molar refractivity (Wildman–Crippen MR) is 450 cm³/mol. The molecular formula is C79H135N11O46S. The van der Waals surface area contributed by atoms with E-state index in [4.69, 9.17) is 62.6 Å². The SMILES string of the molecule is NC(=O)CCN(CCO[C@H]1O[C@H](CO)[C@@H](O)[C@H](O)[C@@H]1O)C(=O)CN(CCO[C@H]1O[C@H](CO)[C@@H](O)[C@H](O)[C@@H]1O)C(=O)CN(CCO[C@H]1O[C@H](CO)[C@@H](O)[C@H](O)[C@@H]1O)C(=O)CN(CCO[C@H]1O[C@H](CO)[C@@H](O)[C@H](O)[C@@H]1O)C(=O)CN(CCO[C@H]1O[C@H](CO)[C@@H](O)[C@H](O)[C@@H]1O)C(=O)CN(CCO[C@H]1O[C@H](CO)[C@@H](O)[C@H](O)[C@@H]1O)C(=O)CNC(=O)CCCCCNC(=O)CCCCC1SC[C@@H]2NC(=O)N[C@H]12. The van der Waals surface area contributed by atoms with Gasteiger partial charge in [-0.05, 0) is 25.7 Å². The number of nitrogens with zero attached hydrogens (tertiary/aromatic N) is 6. The third kappa shape index (κ3) is 33.0. The first-order chi connectivity index (χ1) is 65.2. The molecule has 8 aliphatic heterocycles. The van der Waals surface area contributed by atoms with Gasteiger partial charge in [0.25, 0.3) is 0 Å². The summed E-state index contributed by atoms with van der Waals surface area (Å²) < 4.78 is 67.0. The van der Waals surface area contributed by atoms with Gasteiger partial charge in [0.05, 0.1) is 131 Å². The fraction of sp³-hybridized carbons (Fsp3) is 0.873. The maximum atomic E-state index is 15.6. The molecule has 0 bridgehead atoms. The van der Waals surface area contributed by atoms with Gasteiger partial charge in [-0.25, -0.2) is 4.79 Å². The van der Waals surface area contributed by atoms with Crippen LogP contribution in [0.2, 0.25) is 0 Å². The van der Waals surface area contributed by atoms with Crippen molar-refractivity contribution in [1.82, 2.24) is 50.7 Å². The molecule has 0 aromatic carbocycles. The van der Waals surface area contributed by atoms with E-state index in [2.05, 4.69) is 21.3 Å². The minimum atomic E-state index is -2.13. The van der Waals surface area contributed by atoms with Crippen molar-refractivity contribution in [3.8, 4) is 0 Å². The lowest BCUT2D eigenvalue weighted by Crippen LogP contribution is -2.59. The van der Waals surface area contributed by atoms with Crippen LogP contribution in [0.25, 0.3) is 0 Å². The van der Waals surface area contributed by atoms with Gasteiger partial charge in [-0.15, -0.1) is 0 Å². The molecule has 8 fully saturated rings. The summed E-state index contributed by atoms with van der Waals surface area (Å²) in [5.41, 5.74) is 5.49. The van der Waals surface area contributed by atoms with Crippen molar-refractivity contribution in [2.45, 2.75) is 259 Å². The summed E-state index contributed by atoms with van der Waals surface area (Å²) in [7, 11) is 0. The summed E-state index contributed by atoms with van der Waals surface area (Å²) in [5.74, 6) is -8.53. The molecule has 788 valence electrons. The molecule has 0 aromatic heterocycles. The zero-order chi connectivity index (χ0) is 101. The van der Waals surface area contributed by atoms with Crippen LogP contribution in [0.1, 0.15) is 57.8 Å². The highest BCUT2D eigenvalue weighted by Gasteiger charge is 2.52. The molecule has 8 saturated heterocycles. The van der Waals surface area contributed by atoms with Gasteiger partial charge in [0.15, 0.2) is 37.7 Å². The van der Waals surface area contributed by atoms with Crippen LogP contribution in [0.5, 0.6) is 0 Å². The number of nitrogens with one attached hydrogen (secondary N) is 4. The monoisotopic (exact) mass is 2010 g/mol. The van der Waals surface area contributed by atoms with E-state index in [-0.39, 0.29) is 55.1 Å². The van der Waals surface area contributed by atoms with Crippen molar-refractivity contribution in [2.24, 2.45) is 5.73 Å². The van der Waals surface area contributed by atoms with E-state index in [0.29, 0.717) is 38.9 Å². The summed E-state index contributed by atoms with van der Waals surface area (Å²) >= 11 is 1.76. The fourth-order valence-electron chi connectivity index (χ4n) is 15.8. The number of primary amides is 1. The molecule has 0 aliphatic carbocycles. The third-order valence-corrected chi connectivity index (χ3v) is 25.8. The normalized spacial score (nSPS) is 34.3. The van der Waals surface area contributed by atoms with Crippen LogP contribution in [-0.2, 0) is 100.0 Å². The zero-order valence-corrected chi connectivity index (χ0v) is 75.7. The van der Waals surface area contributed by atoms with Crippen LogP contribution in [0.3, 0.4) is 0 Å². The van der Waals surface area contributed by atoms with E-state index >= 15 is 19.2 Å². The Labute approximate surface area is 787 Å². The Hall–Kier alpha value is -6.59. The number of aliphatic hydroxyl groups excluding tert-OH is 24. The van der Waals surface area contributed by atoms with E-state index in [0.717, 1.165) is 28.4 Å². The molecule has 33 atom stereocenters. The first-order valence-electron chi connectivity index (χ1n) is 44.9. The highest BCUT2D eigenvalue weighted by Crippen LogP contribution is 2.34. The van der Waals surface area contributed by atoms with E-state index in [1.807, 2.05) is 0 Å². The highest BCUT2D eigenvalue weighted by molar-refractivity contribution is 8.00. The number of urea groups is 1. The standard InChI is InChI=1S/C79H135N11O46S/c80-45(97)9-11-85(12-18-125-73-67(118)61(112)55(106)38(30-91)131-73)49(101)25-87(14-20-127-75-69(120)63(114)57(108)40(32-93)133-75)51(103)27-89(16-22-129-77-71(122)65(116)59(110)42(34-95)135-77)53(105)29-90(17-23-130-78-72(123)66(117)60(111)43(35-96)136-78)52(104)28-88(15-21-128-76-70(121)64(115)58(109)41(33-94)134-76)50(102)26-86(13-19-126-74-68(119)62(113)56(107)39(31-92)132-74)48(100)24-82-47(99)7-2-1-5-10-81-46(98)8-4-3-6-44-54-37(36-137-44)83-79(124)84-54/h37-44,54-78,91-96,106-123H,1-36H2,(H2,80,97)(H,81,98)(H,82,99)(H2,83,84,124)/t37-,38+,39+,40+,41+,42+,43+,44?,54-,55+,56+,57+,58+,59+,60+,61-,62-,63-,64-,65-,66-,67-,68-,69-,70-,71-,72-,73-,74-,75-,76-,77-,78-/m0/s1. The maximum Gasteiger partial charge on any atom is 0.315 e. The summed E-state index contributed by atoms with van der Waals surface area (Å²) in [6, 6.07) is -0.115. The smallest absolute Gasteiger partial charge is 0.315 e. The van der Waals surface area contributed by atoms with Gasteiger partial charge in [-0.2, -0.15) is 11.8 Å². The average Bonchev–Trinajstić information content (AvgIpc) is 1.14. The average molecular weight is 2010 g/mol. The predicted octanol–water partition coefficient (Wildman–Crippen LogP) is -19.7. The van der Waals surface area contributed by atoms with Gasteiger partial charge in [-0.1, -0.05) is 12.8 Å². The zero-order valence-electron chi connectivity index (χ0n) is 74.9. The summed E-state index contributed by atoms with van der Waals surface area (Å²) in [6.45, 7) is -22.8. The summed E-state index contributed by atoms with van der Waals surface area (Å²) in [6.07, 6.45) is -54.0. The van der Waals surface area contributed by atoms with Gasteiger partial charge in [-0.3, -0.25) is 43.2 Å². The van der Waals surface area contributed by atoms with Crippen molar-refractivity contribution in [3.63, 3.8) is 0 Å². The lowest BCUT2D eigenvalue weighted by molar-refractivity contribution is -0.301. The minimum Gasteiger partial charge on any atom is -0.394 e. The van der Waals surface area contributed by atoms with Crippen molar-refractivity contribution < 1.29 is 227 Å². The van der Waals surface area contributed by atoms with Crippen molar-refractivity contribution in [2.75, 3.05) is 177 Å². The molecule has 8 heterocycles. The maximum absolute atomic E-state index is 15.6. The number of nitrogens with two attached hydrogens (primary N) is 1. The molecule has 137 heavy (non-hydrogen) atoms. The number of carbonyl (C=O) groups excluding carboxylic acids is 10. The molecule has 8 aliphatic rings. The van der Waals surface area contributed by atoms with E-state index in [1.165, 1.54) is 0 Å². The molecule has 0 radical (unpaired) electrons. The van der Waals surface area contributed by atoms with Crippen LogP contribution in [0.4, 0.5) is 4.79 Å². The van der Waals surface area contributed by atoms with Crippen LogP contribution in [0.15, 0.2) is 0 Å². The molecule has 8 rings (SSSR count). The van der Waals surface area contributed by atoms with Gasteiger partial charge in [0.1, 0.15) is 146 Å². The Morgan fingerprint density at radius 1 is 0.328 bits per heavy atom. The quantitative estimate of drug-likeness (QED) is 0.0199. The molecule has 57 nitrogen and oxygen atoms in total. The van der Waals surface area contributed by atoms with E-state index < -0.39 is 402 Å². The molecule has 30 N–H and O–H groups in total. The Morgan fingerprint density at radius 2 is 0.599 bits per heavy atom. The van der Waals surface area contributed by atoms with Crippen LogP contribution in [0, 0.1) is 0 Å². The Kier molecular flexibility index (Phi) is 48.2. The molecular weight excluding hydrogens is 1870 g/mol. The molecule has 0 aromatic rings. The second-order valence-electron chi connectivity index (χ2n) is 33.9. The van der Waals surface area contributed by atoms with Gasteiger partial charge in [0.2, 0.25) is 53.2 Å². The van der Waals surface area contributed by atoms with Crippen LogP contribution < -0.4 is 27.0 Å². The van der Waals surface area contributed by atoms with E-state index in [9.17, 15) is 151 Å². The molecule has 1 unspecified atom stereocenters. The number of carbonyl (C=O) groups is 10. The molecule has 11 amide bonds. The van der Waals surface area contributed by atoms with E-state index in [1.54, 1.807) is 11.8 Å². The number of ether oxygens (including phenoxy) is 12. The Morgan fingerprint density at radius 3 is 0.891 bits per heavy atom. The van der Waals surface area contributed by atoms with Crippen molar-refractivity contribution in [3.05, 3.63) is 0 Å². The summed E-state index contributed by atoms with van der Waals surface area (Å²) in [4.78, 5) is 146. The van der Waals surface area contributed by atoms with Crippen LogP contribution >= 0.6 is 11.8 Å². The summed E-state index contributed by atoms with van der Waals surface area (Å²) in [5, 5.41) is 264. The number of fused-ring (bicyclic) bond motifs is 1. The van der Waals surface area contributed by atoms with Crippen molar-refractivity contribution >= 4 is 71.0 Å². The van der Waals surface area contributed by atoms with Crippen molar-refractivity contribution in [1.29, 1.82) is 0 Å². The first kappa shape index (κ1) is 116. The lowest BCUT2D eigenvalue weighted by Gasteiger charge is -2.40. The highest BCUT2D eigenvalue weighted by atomic mass is 32.2. The fourth-order valence-corrected chi connectivity index (χ4v) is 17.4. The molecule has 0 spiro atoms. The van der Waals surface area contributed by atoms with Crippen LogP contribution in [-0.4, -0.2) is 589 Å². The van der Waals surface area contributed by atoms with Gasteiger partial charge < -0.3 is 236 Å². The number of aliphatic hydroxyl groups is 24. The number of thioether (sulfide) groups is 1. The number of hydrogen-bond donors (Lipinski definition) is 29. The topological polar surface area (TPSA) is 861 Å². The number of unbranched alkanes of at least 4 members (excludes halogenated alkanes) is 3.